The van der Waals surface area contributed by atoms with Gasteiger partial charge in [0.2, 0.25) is 0 Å². The van der Waals surface area contributed by atoms with Gasteiger partial charge in [-0.15, -0.1) is 17.7 Å². The van der Waals surface area contributed by atoms with Crippen LogP contribution in [-0.4, -0.2) is 24.8 Å². The first-order chi connectivity index (χ1) is 12.4. The minimum absolute atomic E-state index is 0.144. The van der Waals surface area contributed by atoms with Gasteiger partial charge in [0.15, 0.2) is 5.75 Å². The number of hydrogen-bond acceptors (Lipinski definition) is 7. The number of fused-ring (bicyclic) bond motifs is 1. The molecule has 0 saturated carbocycles. The Morgan fingerprint density at radius 1 is 0.923 bits per heavy atom. The number of rotatable bonds is 3. The van der Waals surface area contributed by atoms with Crippen LogP contribution in [0.3, 0.4) is 0 Å². The third-order valence-corrected chi connectivity index (χ3v) is 3.57. The number of hydrogen-bond donors (Lipinski definition) is 2. The lowest BCUT2D eigenvalue weighted by molar-refractivity contribution is 0.482. The van der Waals surface area contributed by atoms with E-state index in [0.717, 1.165) is 22.1 Å². The molecule has 0 fully saturated rings. The first-order valence-electron chi connectivity index (χ1n) is 7.59. The average molecular weight is 371 g/mol. The van der Waals surface area contributed by atoms with Crippen LogP contribution < -0.4 is 5.32 Å². The molecule has 26 heavy (non-hydrogen) atoms. The van der Waals surface area contributed by atoms with E-state index in [1.54, 1.807) is 6.07 Å². The van der Waals surface area contributed by atoms with Gasteiger partial charge >= 0.3 is 10.6 Å². The highest BCUT2D eigenvalue weighted by molar-refractivity contribution is 7.59. The minimum atomic E-state index is -3.11. The molecule has 0 atom stereocenters. The van der Waals surface area contributed by atoms with Gasteiger partial charge in [0.05, 0.1) is 5.69 Å². The van der Waals surface area contributed by atoms with E-state index < -0.39 is 10.6 Å². The Kier molecular flexibility index (Phi) is 6.40. The molecule has 8 heteroatoms. The first kappa shape index (κ1) is 19.1. The zero-order valence-electron chi connectivity index (χ0n) is 14.2. The van der Waals surface area contributed by atoms with E-state index in [-0.39, 0.29) is 5.75 Å². The second kappa shape index (κ2) is 8.72. The Morgan fingerprint density at radius 2 is 1.54 bits per heavy atom. The fourth-order valence-corrected chi connectivity index (χ4v) is 2.25. The molecule has 7 nitrogen and oxygen atoms in total. The average Bonchev–Trinajstić information content (AvgIpc) is 2.62. The maximum atomic E-state index is 10.4. The zero-order chi connectivity index (χ0) is 19.1. The third-order valence-electron chi connectivity index (χ3n) is 3.57. The monoisotopic (exact) mass is 371 g/mol. The first-order valence-corrected chi connectivity index (χ1v) is 8.59. The van der Waals surface area contributed by atoms with E-state index >= 15 is 0 Å². The number of azo groups is 1. The fourth-order valence-electron chi connectivity index (χ4n) is 2.25. The quantitative estimate of drug-likeness (QED) is 0.667. The number of phenols is 1. The van der Waals surface area contributed by atoms with Crippen molar-refractivity contribution in [3.8, 4) is 5.75 Å². The van der Waals surface area contributed by atoms with E-state index in [0.29, 0.717) is 5.69 Å². The summed E-state index contributed by atoms with van der Waals surface area (Å²) < 4.78 is 25.3. The van der Waals surface area contributed by atoms with Crippen LogP contribution in [0.2, 0.25) is 0 Å². The molecular weight excluding hydrogens is 354 g/mol. The predicted molar refractivity (Wildman–Crippen MR) is 100 cm³/mol. The Morgan fingerprint density at radius 3 is 2.15 bits per heavy atom. The van der Waals surface area contributed by atoms with Gasteiger partial charge < -0.3 is 10.4 Å². The van der Waals surface area contributed by atoms with E-state index in [9.17, 15) is 5.11 Å². The van der Waals surface area contributed by atoms with Gasteiger partial charge in [0.1, 0.15) is 5.69 Å². The van der Waals surface area contributed by atoms with Crippen molar-refractivity contribution in [3.63, 3.8) is 0 Å². The number of aromatic hydroxyl groups is 1. The summed E-state index contributed by atoms with van der Waals surface area (Å²) in [7, 11) is -1.26. The lowest BCUT2D eigenvalue weighted by Crippen LogP contribution is -1.87. The molecule has 3 aromatic carbocycles. The summed E-state index contributed by atoms with van der Waals surface area (Å²) in [6.07, 6.45) is 0. The molecule has 0 unspecified atom stereocenters. The van der Waals surface area contributed by atoms with E-state index in [2.05, 4.69) is 15.5 Å². The van der Waals surface area contributed by atoms with Gasteiger partial charge in [-0.1, -0.05) is 29.8 Å². The number of phenolic OH excluding ortho intramolecular Hbond substituents is 1. The topological polar surface area (TPSA) is 108 Å². The second-order valence-electron chi connectivity index (χ2n) is 5.36. The molecule has 0 heterocycles. The van der Waals surface area contributed by atoms with Crippen molar-refractivity contribution >= 4 is 38.4 Å². The van der Waals surface area contributed by atoms with Crippen molar-refractivity contribution in [3.05, 3.63) is 60.2 Å². The summed E-state index contributed by atoms with van der Waals surface area (Å²) in [6.45, 7) is 2.02. The van der Waals surface area contributed by atoms with Crippen molar-refractivity contribution in [2.24, 2.45) is 10.2 Å². The third kappa shape index (κ3) is 5.12. The maximum absolute atomic E-state index is 10.4. The summed E-state index contributed by atoms with van der Waals surface area (Å²) in [5.41, 5.74) is 3.33. The number of nitrogens with zero attached hydrogens (tertiary/aromatic N) is 2. The zero-order valence-corrected chi connectivity index (χ0v) is 15.0. The molecule has 0 radical (unpaired) electrons. The highest BCUT2D eigenvalue weighted by Crippen LogP contribution is 2.36. The molecule has 0 amide bonds. The summed E-state index contributed by atoms with van der Waals surface area (Å²) in [6, 6.07) is 17.3. The highest BCUT2D eigenvalue weighted by atomic mass is 32.2. The predicted octanol–water partition coefficient (Wildman–Crippen LogP) is 4.31. The lowest BCUT2D eigenvalue weighted by atomic mass is 10.1. The Balaban J connectivity index is 0.000000552. The molecule has 0 aliphatic rings. The molecular formula is C18H17N3O4S. The molecule has 134 valence electrons. The number of anilines is 1. The van der Waals surface area contributed by atoms with Crippen molar-refractivity contribution in [2.45, 2.75) is 6.92 Å². The summed E-state index contributed by atoms with van der Waals surface area (Å²) in [5, 5.41) is 23.5. The van der Waals surface area contributed by atoms with E-state index in [1.807, 2.05) is 62.5 Å². The molecule has 3 rings (SSSR count). The van der Waals surface area contributed by atoms with Crippen molar-refractivity contribution < 1.29 is 17.7 Å². The van der Waals surface area contributed by atoms with Crippen LogP contribution in [0.15, 0.2) is 64.8 Å². The molecule has 0 aliphatic heterocycles. The standard InChI is InChI=1S/C18H17N3O.O3S/c1-12-3-7-14(8-4-12)20-21-17-10-6-13-5-9-15(19-2)11-16(13)18(17)22;1-4(2)3/h3-11,19,22H,1-2H3;. The molecule has 0 bridgehead atoms. The van der Waals surface area contributed by atoms with E-state index in [4.69, 9.17) is 12.6 Å². The van der Waals surface area contributed by atoms with Gasteiger partial charge in [-0.25, -0.2) is 0 Å². The number of aryl methyl sites for hydroxylation is 1. The second-order valence-corrected chi connectivity index (χ2v) is 5.77. The van der Waals surface area contributed by atoms with Crippen LogP contribution in [0.5, 0.6) is 5.75 Å². The van der Waals surface area contributed by atoms with Crippen molar-refractivity contribution in [1.29, 1.82) is 0 Å². The van der Waals surface area contributed by atoms with Gasteiger partial charge in [-0.3, -0.25) is 0 Å². The summed E-state index contributed by atoms with van der Waals surface area (Å²) in [4.78, 5) is 0. The molecule has 2 N–H and O–H groups in total. The number of nitrogens with one attached hydrogen (secondary N) is 1. The lowest BCUT2D eigenvalue weighted by Gasteiger charge is -2.06. The molecule has 0 aromatic heterocycles. The van der Waals surface area contributed by atoms with Crippen LogP contribution in [0.4, 0.5) is 17.1 Å². The van der Waals surface area contributed by atoms with Gasteiger partial charge in [-0.2, -0.15) is 5.11 Å². The molecule has 0 saturated heterocycles. The van der Waals surface area contributed by atoms with Crippen LogP contribution in [-0.2, 0) is 10.6 Å². The Hall–Kier alpha value is -3.26. The van der Waals surface area contributed by atoms with Crippen LogP contribution in [0, 0.1) is 6.92 Å². The van der Waals surface area contributed by atoms with Crippen molar-refractivity contribution in [1.82, 2.24) is 0 Å². The van der Waals surface area contributed by atoms with E-state index in [1.165, 1.54) is 5.56 Å². The smallest absolute Gasteiger partial charge is 0.425 e. The SMILES string of the molecule is CNc1ccc2ccc(N=Nc3ccc(C)cc3)c(O)c2c1.O=S(=O)=O. The largest absolute Gasteiger partial charge is 0.505 e. The Labute approximate surface area is 152 Å². The van der Waals surface area contributed by atoms with Crippen LogP contribution >= 0.6 is 0 Å². The van der Waals surface area contributed by atoms with Crippen LogP contribution in [0.25, 0.3) is 10.8 Å². The van der Waals surface area contributed by atoms with Gasteiger partial charge in [0, 0.05) is 18.1 Å². The molecule has 3 aromatic rings. The van der Waals surface area contributed by atoms with Crippen LogP contribution in [0.1, 0.15) is 5.56 Å². The molecule has 0 spiro atoms. The summed E-state index contributed by atoms with van der Waals surface area (Å²) in [5.74, 6) is 0.144. The normalized spacial score (nSPS) is 10.4. The van der Waals surface area contributed by atoms with Crippen molar-refractivity contribution in [2.75, 3.05) is 12.4 Å². The highest BCUT2D eigenvalue weighted by Gasteiger charge is 2.06. The summed E-state index contributed by atoms with van der Waals surface area (Å²) >= 11 is 0. The molecule has 0 aliphatic carbocycles. The maximum Gasteiger partial charge on any atom is 0.425 e. The minimum Gasteiger partial charge on any atom is -0.505 e. The fraction of sp³-hybridized carbons (Fsp3) is 0.111. The number of benzene rings is 3. The Bertz CT molecular complexity index is 1040. The van der Waals surface area contributed by atoms with Gasteiger partial charge in [0.25, 0.3) is 0 Å². The van der Waals surface area contributed by atoms with Gasteiger partial charge in [-0.05, 0) is 42.6 Å².